The van der Waals surface area contributed by atoms with Crippen LogP contribution in [-0.2, 0) is 14.4 Å². The Balaban J connectivity index is 2.30. The van der Waals surface area contributed by atoms with Crippen molar-refractivity contribution in [1.82, 2.24) is 15.5 Å². The summed E-state index contributed by atoms with van der Waals surface area (Å²) in [5.74, 6) is 1.79. The van der Waals surface area contributed by atoms with Crippen molar-refractivity contribution in [2.75, 3.05) is 26.2 Å². The minimum atomic E-state index is -0.447. The zero-order chi connectivity index (χ0) is 17.3. The fourth-order valence-corrected chi connectivity index (χ4v) is 1.79. The van der Waals surface area contributed by atoms with Crippen LogP contribution in [0.15, 0.2) is 10.2 Å². The van der Waals surface area contributed by atoms with Gasteiger partial charge in [0.1, 0.15) is 6.54 Å². The van der Waals surface area contributed by atoms with Crippen molar-refractivity contribution in [3.05, 3.63) is 0 Å². The lowest BCUT2D eigenvalue weighted by Gasteiger charge is -2.20. The number of nitrogens with zero attached hydrogens (tertiary/aromatic N) is 3. The second kappa shape index (κ2) is 8.88. The molecule has 1 heterocycles. The van der Waals surface area contributed by atoms with Crippen molar-refractivity contribution < 1.29 is 14.4 Å². The standard InChI is InChI=1S/C15H23N5O3/c1-4-10-20(14(23)6-7-15(3)18-19-15)11-13(22)17-9-8-16-12(21)5-2/h1H,5-11H2,2-3H3,(H,16,21)(H,17,22). The molecule has 0 aliphatic carbocycles. The Morgan fingerprint density at radius 1 is 1.17 bits per heavy atom. The zero-order valence-corrected chi connectivity index (χ0v) is 13.6. The third-order valence-corrected chi connectivity index (χ3v) is 3.31. The molecule has 0 spiro atoms. The van der Waals surface area contributed by atoms with Gasteiger partial charge in [-0.05, 0) is 6.92 Å². The van der Waals surface area contributed by atoms with E-state index < -0.39 is 5.66 Å². The first-order valence-corrected chi connectivity index (χ1v) is 7.59. The molecular formula is C15H23N5O3. The number of hydrogen-bond donors (Lipinski definition) is 2. The van der Waals surface area contributed by atoms with Crippen LogP contribution in [0.3, 0.4) is 0 Å². The quantitative estimate of drug-likeness (QED) is 0.439. The third-order valence-electron chi connectivity index (χ3n) is 3.31. The lowest BCUT2D eigenvalue weighted by atomic mass is 10.1. The highest BCUT2D eigenvalue weighted by molar-refractivity contribution is 5.85. The Morgan fingerprint density at radius 3 is 2.30 bits per heavy atom. The van der Waals surface area contributed by atoms with E-state index in [1.165, 1.54) is 4.90 Å². The van der Waals surface area contributed by atoms with Crippen LogP contribution >= 0.6 is 0 Å². The van der Waals surface area contributed by atoms with E-state index in [4.69, 9.17) is 6.42 Å². The molecule has 0 aromatic rings. The molecule has 1 aliphatic heterocycles. The van der Waals surface area contributed by atoms with Crippen LogP contribution < -0.4 is 10.6 Å². The van der Waals surface area contributed by atoms with Gasteiger partial charge in [0, 0.05) is 32.4 Å². The second-order valence-electron chi connectivity index (χ2n) is 5.42. The molecule has 0 radical (unpaired) electrons. The normalized spacial score (nSPS) is 13.8. The van der Waals surface area contributed by atoms with Crippen LogP contribution in [0, 0.1) is 12.3 Å². The number of carbonyl (C=O) groups is 3. The predicted molar refractivity (Wildman–Crippen MR) is 84.2 cm³/mol. The first-order chi connectivity index (χ1) is 10.9. The average Bonchev–Trinajstić information content (AvgIpc) is 3.26. The van der Waals surface area contributed by atoms with Gasteiger partial charge in [0.25, 0.3) is 0 Å². The van der Waals surface area contributed by atoms with Gasteiger partial charge in [-0.3, -0.25) is 14.4 Å². The first-order valence-electron chi connectivity index (χ1n) is 7.59. The minimum absolute atomic E-state index is 0.0732. The summed E-state index contributed by atoms with van der Waals surface area (Å²) in [4.78, 5) is 36.3. The maximum atomic E-state index is 12.1. The van der Waals surface area contributed by atoms with E-state index in [1.54, 1.807) is 6.92 Å². The second-order valence-corrected chi connectivity index (χ2v) is 5.42. The Hall–Kier alpha value is -2.43. The van der Waals surface area contributed by atoms with Gasteiger partial charge in [-0.25, -0.2) is 0 Å². The molecule has 0 aromatic heterocycles. The SMILES string of the molecule is C#CCN(CC(=O)NCCNC(=O)CC)C(=O)CCC1(C)N=N1. The van der Waals surface area contributed by atoms with Gasteiger partial charge >= 0.3 is 0 Å². The number of terminal acetylenes is 1. The molecule has 0 saturated carbocycles. The van der Waals surface area contributed by atoms with Crippen molar-refractivity contribution in [3.63, 3.8) is 0 Å². The van der Waals surface area contributed by atoms with E-state index in [9.17, 15) is 14.4 Å². The molecule has 1 aliphatic rings. The number of amides is 3. The summed E-state index contributed by atoms with van der Waals surface area (Å²) in [6, 6.07) is 0. The van der Waals surface area contributed by atoms with E-state index in [0.29, 0.717) is 25.9 Å². The monoisotopic (exact) mass is 321 g/mol. The molecule has 2 N–H and O–H groups in total. The maximum absolute atomic E-state index is 12.1. The summed E-state index contributed by atoms with van der Waals surface area (Å²) in [5.41, 5.74) is -0.447. The zero-order valence-electron chi connectivity index (χ0n) is 13.6. The van der Waals surface area contributed by atoms with Crippen molar-refractivity contribution >= 4 is 17.7 Å². The predicted octanol–water partition coefficient (Wildman–Crippen LogP) is 0.0528. The Labute approximate surface area is 136 Å². The highest BCUT2D eigenvalue weighted by Crippen LogP contribution is 2.32. The molecule has 0 fully saturated rings. The van der Waals surface area contributed by atoms with E-state index >= 15 is 0 Å². The van der Waals surface area contributed by atoms with E-state index in [2.05, 4.69) is 26.8 Å². The molecule has 8 nitrogen and oxygen atoms in total. The molecule has 8 heteroatoms. The molecule has 0 bridgehead atoms. The highest BCUT2D eigenvalue weighted by Gasteiger charge is 2.34. The van der Waals surface area contributed by atoms with Gasteiger partial charge in [-0.15, -0.1) is 6.42 Å². The van der Waals surface area contributed by atoms with Crippen LogP contribution in [0.5, 0.6) is 0 Å². The first kappa shape index (κ1) is 18.6. The van der Waals surface area contributed by atoms with Crippen LogP contribution in [-0.4, -0.2) is 54.5 Å². The van der Waals surface area contributed by atoms with Crippen molar-refractivity contribution in [1.29, 1.82) is 0 Å². The van der Waals surface area contributed by atoms with E-state index in [0.717, 1.165) is 0 Å². The summed E-state index contributed by atoms with van der Waals surface area (Å²) >= 11 is 0. The van der Waals surface area contributed by atoms with Gasteiger partial charge in [-0.2, -0.15) is 10.2 Å². The van der Waals surface area contributed by atoms with Gasteiger partial charge in [0.05, 0.1) is 6.54 Å². The van der Waals surface area contributed by atoms with Crippen molar-refractivity contribution in [3.8, 4) is 12.3 Å². The summed E-state index contributed by atoms with van der Waals surface area (Å²) < 4.78 is 0. The van der Waals surface area contributed by atoms with E-state index in [1.807, 2.05) is 6.92 Å². The molecule has 0 aromatic carbocycles. The molecule has 0 saturated heterocycles. The molecule has 23 heavy (non-hydrogen) atoms. The maximum Gasteiger partial charge on any atom is 0.239 e. The van der Waals surface area contributed by atoms with Crippen LogP contribution in [0.25, 0.3) is 0 Å². The van der Waals surface area contributed by atoms with Gasteiger partial charge in [-0.1, -0.05) is 12.8 Å². The topological polar surface area (TPSA) is 103 Å². The van der Waals surface area contributed by atoms with Crippen molar-refractivity contribution in [2.24, 2.45) is 10.2 Å². The number of rotatable bonds is 10. The Morgan fingerprint density at radius 2 is 1.78 bits per heavy atom. The lowest BCUT2D eigenvalue weighted by Crippen LogP contribution is -2.43. The fourth-order valence-electron chi connectivity index (χ4n) is 1.79. The molecule has 1 rings (SSSR count). The molecule has 126 valence electrons. The minimum Gasteiger partial charge on any atom is -0.354 e. The largest absolute Gasteiger partial charge is 0.354 e. The summed E-state index contributed by atoms with van der Waals surface area (Å²) in [6.07, 6.45) is 6.40. The van der Waals surface area contributed by atoms with Crippen LogP contribution in [0.1, 0.15) is 33.1 Å². The number of carbonyl (C=O) groups excluding carboxylic acids is 3. The average molecular weight is 321 g/mol. The summed E-state index contributed by atoms with van der Waals surface area (Å²) in [7, 11) is 0. The van der Waals surface area contributed by atoms with Gasteiger partial charge < -0.3 is 15.5 Å². The van der Waals surface area contributed by atoms with Gasteiger partial charge in [0.15, 0.2) is 5.66 Å². The molecular weight excluding hydrogens is 298 g/mol. The Bertz CT molecular complexity index is 518. The van der Waals surface area contributed by atoms with Crippen molar-refractivity contribution in [2.45, 2.75) is 38.8 Å². The highest BCUT2D eigenvalue weighted by atomic mass is 16.2. The van der Waals surface area contributed by atoms with Gasteiger partial charge in [0.2, 0.25) is 17.7 Å². The lowest BCUT2D eigenvalue weighted by molar-refractivity contribution is -0.135. The van der Waals surface area contributed by atoms with E-state index in [-0.39, 0.29) is 37.2 Å². The summed E-state index contributed by atoms with van der Waals surface area (Å²) in [5, 5.41) is 13.0. The molecule has 0 unspecified atom stereocenters. The fraction of sp³-hybridized carbons (Fsp3) is 0.667. The van der Waals surface area contributed by atoms with Crippen LogP contribution in [0.4, 0.5) is 0 Å². The molecule has 0 atom stereocenters. The number of nitrogens with one attached hydrogen (secondary N) is 2. The molecule has 3 amide bonds. The third kappa shape index (κ3) is 7.40. The number of hydrogen-bond acceptors (Lipinski definition) is 5. The summed E-state index contributed by atoms with van der Waals surface area (Å²) in [6.45, 7) is 4.21. The smallest absolute Gasteiger partial charge is 0.239 e. The Kier molecular flexibility index (Phi) is 7.19. The van der Waals surface area contributed by atoms with Crippen LogP contribution in [0.2, 0.25) is 0 Å².